The van der Waals surface area contributed by atoms with Crippen LogP contribution in [0.4, 0.5) is 5.69 Å². The van der Waals surface area contributed by atoms with Gasteiger partial charge in [-0.15, -0.1) is 0 Å². The fraction of sp³-hybridized carbons (Fsp3) is 0. The van der Waals surface area contributed by atoms with Gasteiger partial charge in [0.25, 0.3) is 5.91 Å². The molecule has 1 aliphatic heterocycles. The Morgan fingerprint density at radius 3 is 2.86 bits per heavy atom. The predicted octanol–water partition coefficient (Wildman–Crippen LogP) is 1.20. The molecule has 0 saturated heterocycles. The number of amides is 1. The van der Waals surface area contributed by atoms with Crippen LogP contribution in [0.5, 0.6) is 0 Å². The zero-order chi connectivity index (χ0) is 9.71. The molecule has 0 aromatic heterocycles. The van der Waals surface area contributed by atoms with E-state index in [9.17, 15) is 4.79 Å². The Morgan fingerprint density at radius 1 is 1.14 bits per heavy atom. The Labute approximate surface area is 82.3 Å². The number of hydrogen-bond donors (Lipinski definition) is 1. The molecule has 0 unspecified atom stereocenters. The molecule has 3 heteroatoms. The summed E-state index contributed by atoms with van der Waals surface area (Å²) >= 11 is 0. The second-order valence-electron chi connectivity index (χ2n) is 3.38. The molecule has 2 aromatic carbocycles. The van der Waals surface area contributed by atoms with E-state index in [0.29, 0.717) is 11.0 Å². The van der Waals surface area contributed by atoms with Crippen molar-refractivity contribution in [1.29, 1.82) is 0 Å². The number of rotatable bonds is 0. The van der Waals surface area contributed by atoms with E-state index in [4.69, 9.17) is 7.85 Å². The largest absolute Gasteiger partial charge is 0.321 e. The summed E-state index contributed by atoms with van der Waals surface area (Å²) in [5, 5.41) is 4.69. The van der Waals surface area contributed by atoms with Gasteiger partial charge in [0.15, 0.2) is 0 Å². The maximum Gasteiger partial charge on any atom is 0.256 e. The third kappa shape index (κ3) is 0.790. The number of carbonyl (C=O) groups excluding carboxylic acids is 1. The Balaban J connectivity index is 2.58. The molecule has 0 fully saturated rings. The van der Waals surface area contributed by atoms with Crippen molar-refractivity contribution in [1.82, 2.24) is 0 Å². The van der Waals surface area contributed by atoms with E-state index < -0.39 is 0 Å². The van der Waals surface area contributed by atoms with Crippen LogP contribution in [0.1, 0.15) is 10.4 Å². The molecule has 1 amide bonds. The van der Waals surface area contributed by atoms with Gasteiger partial charge < -0.3 is 5.32 Å². The van der Waals surface area contributed by atoms with Crippen LogP contribution in [0.25, 0.3) is 10.8 Å². The maximum absolute atomic E-state index is 11.5. The molecule has 14 heavy (non-hydrogen) atoms. The minimum atomic E-state index is -0.0452. The average Bonchev–Trinajstić information content (AvgIpc) is 2.52. The summed E-state index contributed by atoms with van der Waals surface area (Å²) in [6.45, 7) is 0. The van der Waals surface area contributed by atoms with Crippen molar-refractivity contribution in [3.8, 4) is 0 Å². The van der Waals surface area contributed by atoms with Gasteiger partial charge >= 0.3 is 0 Å². The number of carbonyl (C=O) groups is 1. The highest BCUT2D eigenvalue weighted by molar-refractivity contribution is 6.41. The Kier molecular flexibility index (Phi) is 1.30. The highest BCUT2D eigenvalue weighted by Crippen LogP contribution is 2.31. The van der Waals surface area contributed by atoms with Gasteiger partial charge in [-0.05, 0) is 17.5 Å². The zero-order valence-corrected chi connectivity index (χ0v) is 7.37. The second kappa shape index (κ2) is 2.38. The van der Waals surface area contributed by atoms with E-state index in [1.807, 2.05) is 30.3 Å². The third-order valence-electron chi connectivity index (χ3n) is 2.57. The summed E-state index contributed by atoms with van der Waals surface area (Å²) in [5.41, 5.74) is 2.28. The highest BCUT2D eigenvalue weighted by atomic mass is 16.1. The van der Waals surface area contributed by atoms with Crippen LogP contribution < -0.4 is 10.8 Å². The quantitative estimate of drug-likeness (QED) is 0.604. The van der Waals surface area contributed by atoms with Gasteiger partial charge in [0.05, 0.1) is 0 Å². The van der Waals surface area contributed by atoms with Gasteiger partial charge in [0, 0.05) is 16.6 Å². The van der Waals surface area contributed by atoms with Crippen LogP contribution in [0.15, 0.2) is 30.3 Å². The molecule has 0 bridgehead atoms. The molecule has 64 valence electrons. The van der Waals surface area contributed by atoms with Gasteiger partial charge in [0.2, 0.25) is 0 Å². The van der Waals surface area contributed by atoms with E-state index >= 15 is 0 Å². The van der Waals surface area contributed by atoms with Crippen LogP contribution in [0, 0.1) is 0 Å². The van der Waals surface area contributed by atoms with Crippen molar-refractivity contribution in [2.24, 2.45) is 0 Å². The molecule has 1 aliphatic rings. The first-order valence-corrected chi connectivity index (χ1v) is 4.40. The normalized spacial score (nSPS) is 13.3. The minimum Gasteiger partial charge on any atom is -0.321 e. The van der Waals surface area contributed by atoms with Crippen molar-refractivity contribution < 1.29 is 4.79 Å². The predicted molar refractivity (Wildman–Crippen MR) is 57.3 cm³/mol. The first kappa shape index (κ1) is 7.62. The van der Waals surface area contributed by atoms with Gasteiger partial charge in [-0.3, -0.25) is 4.79 Å². The molecule has 0 spiro atoms. The Hall–Kier alpha value is -1.77. The Morgan fingerprint density at radius 2 is 2.00 bits per heavy atom. The number of benzene rings is 2. The van der Waals surface area contributed by atoms with Gasteiger partial charge in [-0.1, -0.05) is 23.7 Å². The molecule has 0 saturated carbocycles. The zero-order valence-electron chi connectivity index (χ0n) is 7.37. The van der Waals surface area contributed by atoms with Crippen LogP contribution in [-0.4, -0.2) is 13.8 Å². The lowest BCUT2D eigenvalue weighted by Gasteiger charge is -2.02. The number of hydrogen-bond acceptors (Lipinski definition) is 1. The van der Waals surface area contributed by atoms with Crippen LogP contribution in [0.2, 0.25) is 0 Å². The van der Waals surface area contributed by atoms with Crippen LogP contribution >= 0.6 is 0 Å². The smallest absolute Gasteiger partial charge is 0.256 e. The SMILES string of the molecule is [B]c1ccc2c3c(cccc13)C(=O)N2. The third-order valence-corrected chi connectivity index (χ3v) is 2.57. The maximum atomic E-state index is 11.5. The van der Waals surface area contributed by atoms with Crippen molar-refractivity contribution in [3.05, 3.63) is 35.9 Å². The molecule has 0 atom stereocenters. The monoisotopic (exact) mass is 179 g/mol. The van der Waals surface area contributed by atoms with Crippen molar-refractivity contribution in [2.75, 3.05) is 5.32 Å². The molecule has 2 nitrogen and oxygen atoms in total. The van der Waals surface area contributed by atoms with Crippen LogP contribution in [0.3, 0.4) is 0 Å². The number of anilines is 1. The van der Waals surface area contributed by atoms with Gasteiger partial charge in [0.1, 0.15) is 7.85 Å². The average molecular weight is 179 g/mol. The molecule has 1 N–H and O–H groups in total. The van der Waals surface area contributed by atoms with Gasteiger partial charge in [-0.2, -0.15) is 0 Å². The van der Waals surface area contributed by atoms with Crippen molar-refractivity contribution in [3.63, 3.8) is 0 Å². The van der Waals surface area contributed by atoms with Crippen molar-refractivity contribution >= 4 is 35.7 Å². The molecule has 0 aliphatic carbocycles. The highest BCUT2D eigenvalue weighted by Gasteiger charge is 2.20. The fourth-order valence-electron chi connectivity index (χ4n) is 1.91. The van der Waals surface area contributed by atoms with E-state index in [-0.39, 0.29) is 5.91 Å². The lowest BCUT2D eigenvalue weighted by atomic mass is 9.89. The van der Waals surface area contributed by atoms with E-state index in [1.165, 1.54) is 0 Å². The second-order valence-corrected chi connectivity index (χ2v) is 3.38. The lowest BCUT2D eigenvalue weighted by molar-refractivity contribution is 0.103. The fourth-order valence-corrected chi connectivity index (χ4v) is 1.91. The molecule has 3 rings (SSSR count). The summed E-state index contributed by atoms with van der Waals surface area (Å²) in [5.74, 6) is -0.0452. The first-order chi connectivity index (χ1) is 6.77. The summed E-state index contributed by atoms with van der Waals surface area (Å²) in [6, 6.07) is 9.24. The standard InChI is InChI=1S/C11H6BNO/c12-8-4-5-9-10-6(8)2-1-3-7(10)11(14)13-9/h1-5H,(H,13,14). The summed E-state index contributed by atoms with van der Waals surface area (Å²) in [4.78, 5) is 11.5. The topological polar surface area (TPSA) is 29.1 Å². The summed E-state index contributed by atoms with van der Waals surface area (Å²) in [6.07, 6.45) is 0. The van der Waals surface area contributed by atoms with E-state index in [2.05, 4.69) is 5.32 Å². The minimum absolute atomic E-state index is 0.0452. The molecular formula is C11H6BNO. The summed E-state index contributed by atoms with van der Waals surface area (Å²) in [7, 11) is 5.83. The van der Waals surface area contributed by atoms with Crippen LogP contribution in [-0.2, 0) is 0 Å². The lowest BCUT2D eigenvalue weighted by Crippen LogP contribution is -2.03. The first-order valence-electron chi connectivity index (χ1n) is 4.40. The van der Waals surface area contributed by atoms with E-state index in [0.717, 1.165) is 16.5 Å². The molecule has 2 aromatic rings. The number of nitrogens with one attached hydrogen (secondary N) is 1. The van der Waals surface area contributed by atoms with E-state index in [1.54, 1.807) is 0 Å². The van der Waals surface area contributed by atoms with Crippen molar-refractivity contribution in [2.45, 2.75) is 0 Å². The van der Waals surface area contributed by atoms with Gasteiger partial charge in [-0.25, -0.2) is 0 Å². The summed E-state index contributed by atoms with van der Waals surface area (Å²) < 4.78 is 0. The molecule has 2 radical (unpaired) electrons. The molecule has 1 heterocycles. The Bertz CT molecular complexity index is 562. The molecular weight excluding hydrogens is 173 g/mol.